The van der Waals surface area contributed by atoms with Crippen LogP contribution in [0.25, 0.3) is 10.8 Å². The largest absolute Gasteiger partial charge is 0.298 e. The summed E-state index contributed by atoms with van der Waals surface area (Å²) in [6.07, 6.45) is 0.853. The van der Waals surface area contributed by atoms with Crippen LogP contribution in [0.4, 0.5) is 0 Å². The predicted molar refractivity (Wildman–Crippen MR) is 64.7 cm³/mol. The van der Waals surface area contributed by atoms with Gasteiger partial charge in [0.1, 0.15) is 0 Å². The Hall–Kier alpha value is -0.670. The van der Waals surface area contributed by atoms with Crippen molar-refractivity contribution in [2.75, 3.05) is 0 Å². The first-order valence-electron chi connectivity index (χ1n) is 4.05. The number of hydrogen-bond acceptors (Lipinski definition) is 1. The van der Waals surface area contributed by atoms with Crippen LogP contribution in [0.2, 0.25) is 0 Å². The van der Waals surface area contributed by atoms with Gasteiger partial charge in [0.15, 0.2) is 6.29 Å². The molecule has 2 aromatic rings. The van der Waals surface area contributed by atoms with Crippen LogP contribution in [-0.2, 0) is 0 Å². The van der Waals surface area contributed by atoms with Gasteiger partial charge in [0, 0.05) is 14.5 Å². The predicted octanol–water partition coefficient (Wildman–Crippen LogP) is 4.18. The molecule has 1 nitrogen and oxygen atoms in total. The second kappa shape index (κ2) is 3.83. The second-order valence-corrected chi connectivity index (χ2v) is 4.75. The van der Waals surface area contributed by atoms with Crippen molar-refractivity contribution in [3.63, 3.8) is 0 Å². The molecule has 2 rings (SSSR count). The van der Waals surface area contributed by atoms with Crippen LogP contribution in [0.5, 0.6) is 0 Å². The molecule has 0 bridgehead atoms. The van der Waals surface area contributed by atoms with Gasteiger partial charge in [0.2, 0.25) is 0 Å². The maximum Gasteiger partial charge on any atom is 0.151 e. The van der Waals surface area contributed by atoms with Crippen molar-refractivity contribution in [1.29, 1.82) is 0 Å². The molecule has 0 amide bonds. The Morgan fingerprint density at radius 3 is 2.50 bits per heavy atom. The molecule has 0 saturated heterocycles. The Morgan fingerprint density at radius 1 is 1.00 bits per heavy atom. The lowest BCUT2D eigenvalue weighted by molar-refractivity contribution is 0.112. The lowest BCUT2D eigenvalue weighted by Crippen LogP contribution is -1.83. The first-order valence-corrected chi connectivity index (χ1v) is 5.63. The molecule has 0 heterocycles. The molecule has 0 aliphatic carbocycles. The van der Waals surface area contributed by atoms with Gasteiger partial charge in [0.05, 0.1) is 0 Å². The Balaban J connectivity index is 2.79. The van der Waals surface area contributed by atoms with Crippen molar-refractivity contribution < 1.29 is 4.79 Å². The van der Waals surface area contributed by atoms with E-state index < -0.39 is 0 Å². The van der Waals surface area contributed by atoms with Gasteiger partial charge in [-0.2, -0.15) is 0 Å². The fourth-order valence-corrected chi connectivity index (χ4v) is 2.18. The molecule has 0 unspecified atom stereocenters. The van der Waals surface area contributed by atoms with E-state index >= 15 is 0 Å². The maximum atomic E-state index is 10.7. The first kappa shape index (κ1) is 9.87. The molecule has 0 aliphatic heterocycles. The highest BCUT2D eigenvalue weighted by molar-refractivity contribution is 9.10. The van der Waals surface area contributed by atoms with E-state index in [4.69, 9.17) is 0 Å². The Morgan fingerprint density at radius 2 is 1.79 bits per heavy atom. The highest BCUT2D eigenvalue weighted by atomic mass is 79.9. The molecule has 0 N–H and O–H groups in total. The van der Waals surface area contributed by atoms with E-state index in [1.165, 1.54) is 0 Å². The molecule has 2 aromatic carbocycles. The third-order valence-electron chi connectivity index (χ3n) is 2.04. The topological polar surface area (TPSA) is 17.1 Å². The highest BCUT2D eigenvalue weighted by Gasteiger charge is 2.01. The monoisotopic (exact) mass is 312 g/mol. The second-order valence-electron chi connectivity index (χ2n) is 2.98. The number of halogens is 2. The van der Waals surface area contributed by atoms with Crippen LogP contribution in [0.15, 0.2) is 39.3 Å². The first-order chi connectivity index (χ1) is 6.70. The summed E-state index contributed by atoms with van der Waals surface area (Å²) in [6.45, 7) is 0. The van der Waals surface area contributed by atoms with Gasteiger partial charge >= 0.3 is 0 Å². The van der Waals surface area contributed by atoms with Gasteiger partial charge in [-0.05, 0) is 35.0 Å². The molecule has 0 saturated carbocycles. The number of carbonyl (C=O) groups is 1. The van der Waals surface area contributed by atoms with Crippen molar-refractivity contribution in [3.8, 4) is 0 Å². The fourth-order valence-electron chi connectivity index (χ4n) is 1.35. The van der Waals surface area contributed by atoms with Crippen molar-refractivity contribution in [3.05, 3.63) is 44.8 Å². The fraction of sp³-hybridized carbons (Fsp3) is 0. The van der Waals surface area contributed by atoms with E-state index in [0.717, 1.165) is 26.0 Å². The van der Waals surface area contributed by atoms with E-state index in [0.29, 0.717) is 5.56 Å². The minimum atomic E-state index is 0.680. The zero-order chi connectivity index (χ0) is 10.1. The number of fused-ring (bicyclic) bond motifs is 1. The van der Waals surface area contributed by atoms with Crippen LogP contribution in [0, 0.1) is 0 Å². The van der Waals surface area contributed by atoms with Crippen molar-refractivity contribution in [1.82, 2.24) is 0 Å². The normalized spacial score (nSPS) is 10.4. The smallest absolute Gasteiger partial charge is 0.151 e. The quantitative estimate of drug-likeness (QED) is 0.722. The minimum Gasteiger partial charge on any atom is -0.298 e. The number of hydrogen-bond donors (Lipinski definition) is 0. The van der Waals surface area contributed by atoms with E-state index in [9.17, 15) is 4.79 Å². The number of carbonyl (C=O) groups excluding carboxylic acids is 1. The molecule has 0 radical (unpaired) electrons. The summed E-state index contributed by atoms with van der Waals surface area (Å²) in [4.78, 5) is 10.7. The molecule has 0 aromatic heterocycles. The number of benzene rings is 2. The van der Waals surface area contributed by atoms with Crippen LogP contribution in [0.3, 0.4) is 0 Å². The molecule has 0 spiro atoms. The standard InChI is InChI=1S/C11H6Br2O/c12-10-2-1-7-3-9(6-14)11(13)5-8(7)4-10/h1-6H. The van der Waals surface area contributed by atoms with E-state index in [1.807, 2.05) is 30.3 Å². The molecular weight excluding hydrogens is 308 g/mol. The molecular formula is C11H6Br2O. The van der Waals surface area contributed by atoms with Crippen molar-refractivity contribution in [2.45, 2.75) is 0 Å². The van der Waals surface area contributed by atoms with Crippen molar-refractivity contribution >= 4 is 48.9 Å². The average Bonchev–Trinajstić information content (AvgIpc) is 2.16. The molecule has 14 heavy (non-hydrogen) atoms. The Kier molecular flexibility index (Phi) is 2.70. The van der Waals surface area contributed by atoms with Gasteiger partial charge < -0.3 is 0 Å². The van der Waals surface area contributed by atoms with Crippen LogP contribution >= 0.6 is 31.9 Å². The zero-order valence-corrected chi connectivity index (χ0v) is 10.3. The van der Waals surface area contributed by atoms with Gasteiger partial charge in [-0.25, -0.2) is 0 Å². The van der Waals surface area contributed by atoms with E-state index in [-0.39, 0.29) is 0 Å². The Labute approximate surface area is 98.4 Å². The van der Waals surface area contributed by atoms with Gasteiger partial charge in [-0.1, -0.05) is 37.9 Å². The van der Waals surface area contributed by atoms with Crippen LogP contribution in [-0.4, -0.2) is 6.29 Å². The average molecular weight is 314 g/mol. The summed E-state index contributed by atoms with van der Waals surface area (Å²) in [5.41, 5.74) is 0.680. The molecule has 0 atom stereocenters. The van der Waals surface area contributed by atoms with E-state index in [1.54, 1.807) is 0 Å². The number of rotatable bonds is 1. The number of aldehydes is 1. The summed E-state index contributed by atoms with van der Waals surface area (Å²) < 4.78 is 1.87. The molecule has 0 aliphatic rings. The maximum absolute atomic E-state index is 10.7. The molecule has 3 heteroatoms. The third-order valence-corrected chi connectivity index (χ3v) is 3.22. The van der Waals surface area contributed by atoms with Crippen molar-refractivity contribution in [2.24, 2.45) is 0 Å². The molecule has 70 valence electrons. The van der Waals surface area contributed by atoms with Gasteiger partial charge in [0.25, 0.3) is 0 Å². The lowest BCUT2D eigenvalue weighted by Gasteiger charge is -2.02. The summed E-state index contributed by atoms with van der Waals surface area (Å²) in [5.74, 6) is 0. The van der Waals surface area contributed by atoms with Crippen LogP contribution < -0.4 is 0 Å². The Bertz CT molecular complexity index is 506. The van der Waals surface area contributed by atoms with Crippen LogP contribution in [0.1, 0.15) is 10.4 Å². The third kappa shape index (κ3) is 1.74. The SMILES string of the molecule is O=Cc1cc2ccc(Br)cc2cc1Br. The summed E-state index contributed by atoms with van der Waals surface area (Å²) in [7, 11) is 0. The zero-order valence-electron chi connectivity index (χ0n) is 7.13. The van der Waals surface area contributed by atoms with E-state index in [2.05, 4.69) is 31.9 Å². The lowest BCUT2D eigenvalue weighted by atomic mass is 10.1. The minimum absolute atomic E-state index is 0.680. The van der Waals surface area contributed by atoms with Gasteiger partial charge in [-0.3, -0.25) is 4.79 Å². The summed E-state index contributed by atoms with van der Waals surface area (Å²) in [5, 5.41) is 2.18. The highest BCUT2D eigenvalue weighted by Crippen LogP contribution is 2.25. The van der Waals surface area contributed by atoms with Gasteiger partial charge in [-0.15, -0.1) is 0 Å². The summed E-state index contributed by atoms with van der Waals surface area (Å²) >= 11 is 6.76. The summed E-state index contributed by atoms with van der Waals surface area (Å²) in [6, 6.07) is 9.79. The molecule has 0 fully saturated rings.